The van der Waals surface area contributed by atoms with Gasteiger partial charge in [0.25, 0.3) is 5.85 Å². The molecule has 0 radical (unpaired) electrons. The molecule has 0 saturated carbocycles. The van der Waals surface area contributed by atoms with E-state index in [1.807, 2.05) is 23.9 Å². The largest absolute Gasteiger partial charge is 0.495 e. The molecular formula is C24H35F2N9O5S. The second-order valence-electron chi connectivity index (χ2n) is 10.2. The topological polar surface area (TPSA) is 140 Å². The number of para-hydroxylation sites is 1. The Bertz CT molecular complexity index is 1340. The van der Waals surface area contributed by atoms with Gasteiger partial charge in [-0.25, -0.2) is 17.2 Å². The predicted octanol–water partition coefficient (Wildman–Crippen LogP) is 0.205. The van der Waals surface area contributed by atoms with Crippen molar-refractivity contribution < 1.29 is 31.8 Å². The molecular weight excluding hydrogens is 564 g/mol. The van der Waals surface area contributed by atoms with Gasteiger partial charge in [0.15, 0.2) is 0 Å². The van der Waals surface area contributed by atoms with Crippen molar-refractivity contribution in [2.24, 2.45) is 0 Å². The Morgan fingerprint density at radius 3 is 2.24 bits per heavy atom. The lowest BCUT2D eigenvalue weighted by molar-refractivity contribution is -0.0675. The molecule has 0 bridgehead atoms. The summed E-state index contributed by atoms with van der Waals surface area (Å²) in [5.74, 6) is -2.36. The molecule has 2 fully saturated rings. The summed E-state index contributed by atoms with van der Waals surface area (Å²) in [7, 11) is 1.59. The van der Waals surface area contributed by atoms with Crippen LogP contribution in [-0.2, 0) is 14.8 Å². The zero-order valence-corrected chi connectivity index (χ0v) is 24.0. The SMILES string of the molecule is COc1cccc2c1NC(O)(C(F)F)N2c1nc(N2CCOCC2)nc(N2CCN(S(=O)(=O)CCN(C)C)CC2)n1. The molecule has 17 heteroatoms. The van der Waals surface area contributed by atoms with Gasteiger partial charge in [0.1, 0.15) is 11.4 Å². The lowest BCUT2D eigenvalue weighted by Gasteiger charge is -2.36. The van der Waals surface area contributed by atoms with Gasteiger partial charge in [-0.1, -0.05) is 6.07 Å². The van der Waals surface area contributed by atoms with Gasteiger partial charge in [0, 0.05) is 45.8 Å². The van der Waals surface area contributed by atoms with Gasteiger partial charge in [0.05, 0.1) is 31.8 Å². The second kappa shape index (κ2) is 11.6. The van der Waals surface area contributed by atoms with Crippen molar-refractivity contribution in [2.75, 3.05) is 106 Å². The molecule has 3 aliphatic rings. The number of hydrogen-bond donors (Lipinski definition) is 2. The lowest BCUT2D eigenvalue weighted by atomic mass is 10.2. The maximum absolute atomic E-state index is 14.5. The fraction of sp³-hybridized carbons (Fsp3) is 0.625. The highest BCUT2D eigenvalue weighted by Crippen LogP contribution is 2.49. The summed E-state index contributed by atoms with van der Waals surface area (Å²) in [4.78, 5) is 20.1. The summed E-state index contributed by atoms with van der Waals surface area (Å²) < 4.78 is 66.8. The summed E-state index contributed by atoms with van der Waals surface area (Å²) in [6.07, 6.45) is -3.26. The van der Waals surface area contributed by atoms with E-state index in [-0.39, 0.29) is 66.9 Å². The first-order valence-electron chi connectivity index (χ1n) is 13.3. The summed E-state index contributed by atoms with van der Waals surface area (Å²) in [6, 6.07) is 4.76. The number of benzene rings is 1. The van der Waals surface area contributed by atoms with E-state index in [1.165, 1.54) is 11.4 Å². The highest BCUT2D eigenvalue weighted by Gasteiger charge is 2.53. The maximum atomic E-state index is 14.5. The minimum atomic E-state index is -3.45. The molecule has 1 unspecified atom stereocenters. The Hall–Kier alpha value is -3.12. The standard InChI is InChI=1S/C24H35F2N9O5S/c1-31(2)13-16-41(37,38)34-9-7-32(8-10-34)21-27-22(33-11-14-40-15-12-33)29-23(28-21)35-17-5-4-6-18(39-3)19(17)30-24(35,36)20(25)26/h4-6,20,30,36H,7-16H2,1-3H3. The number of fused-ring (bicyclic) bond motifs is 1. The Labute approximate surface area is 237 Å². The van der Waals surface area contributed by atoms with Crippen molar-refractivity contribution in [2.45, 2.75) is 12.3 Å². The molecule has 226 valence electrons. The van der Waals surface area contributed by atoms with E-state index in [4.69, 9.17) is 9.47 Å². The number of morpholine rings is 1. The highest BCUT2D eigenvalue weighted by atomic mass is 32.2. The Morgan fingerprint density at radius 1 is 1.05 bits per heavy atom. The monoisotopic (exact) mass is 599 g/mol. The summed E-state index contributed by atoms with van der Waals surface area (Å²) in [6.45, 7) is 3.24. The summed E-state index contributed by atoms with van der Waals surface area (Å²) >= 11 is 0. The first kappa shape index (κ1) is 29.4. The van der Waals surface area contributed by atoms with Crippen LogP contribution in [0.15, 0.2) is 18.2 Å². The number of aliphatic hydroxyl groups is 1. The molecule has 0 aliphatic carbocycles. The number of ether oxygens (including phenoxy) is 2. The van der Waals surface area contributed by atoms with Gasteiger partial charge in [-0.05, 0) is 26.2 Å². The third kappa shape index (κ3) is 5.81. The van der Waals surface area contributed by atoms with Crippen molar-refractivity contribution in [1.82, 2.24) is 24.2 Å². The third-order valence-corrected chi connectivity index (χ3v) is 9.07. The number of nitrogens with one attached hydrogen (secondary N) is 1. The molecule has 2 aromatic rings. The second-order valence-corrected chi connectivity index (χ2v) is 12.3. The first-order chi connectivity index (χ1) is 19.5. The number of alkyl halides is 2. The Morgan fingerprint density at radius 2 is 1.66 bits per heavy atom. The average molecular weight is 600 g/mol. The third-order valence-electron chi connectivity index (χ3n) is 7.22. The Kier molecular flexibility index (Phi) is 8.34. The van der Waals surface area contributed by atoms with Crippen LogP contribution in [0.1, 0.15) is 0 Å². The van der Waals surface area contributed by atoms with Gasteiger partial charge < -0.3 is 34.6 Å². The quantitative estimate of drug-likeness (QED) is 0.406. The van der Waals surface area contributed by atoms with Crippen LogP contribution in [0.4, 0.5) is 38.0 Å². The normalized spacial score (nSPS) is 21.9. The van der Waals surface area contributed by atoms with Gasteiger partial charge in [-0.3, -0.25) is 4.90 Å². The number of sulfonamides is 1. The predicted molar refractivity (Wildman–Crippen MR) is 149 cm³/mol. The molecule has 2 saturated heterocycles. The van der Waals surface area contributed by atoms with Crippen LogP contribution in [0.5, 0.6) is 5.75 Å². The number of aromatic nitrogens is 3. The molecule has 0 amide bonds. The number of anilines is 5. The summed E-state index contributed by atoms with van der Waals surface area (Å²) in [5, 5.41) is 13.7. The zero-order chi connectivity index (χ0) is 29.4. The van der Waals surface area contributed by atoms with E-state index < -0.39 is 22.3 Å². The minimum absolute atomic E-state index is 0.00806. The van der Waals surface area contributed by atoms with Crippen molar-refractivity contribution >= 4 is 39.2 Å². The molecule has 5 rings (SSSR count). The van der Waals surface area contributed by atoms with Crippen molar-refractivity contribution in [3.05, 3.63) is 18.2 Å². The first-order valence-corrected chi connectivity index (χ1v) is 14.9. The van der Waals surface area contributed by atoms with E-state index in [0.717, 1.165) is 4.90 Å². The smallest absolute Gasteiger partial charge is 0.305 e. The number of methoxy groups -OCH3 is 1. The van der Waals surface area contributed by atoms with E-state index >= 15 is 0 Å². The van der Waals surface area contributed by atoms with Crippen LogP contribution in [-0.4, -0.2) is 136 Å². The van der Waals surface area contributed by atoms with Gasteiger partial charge in [0.2, 0.25) is 27.9 Å². The van der Waals surface area contributed by atoms with Gasteiger partial charge in [-0.15, -0.1) is 0 Å². The van der Waals surface area contributed by atoms with E-state index in [2.05, 4.69) is 20.3 Å². The minimum Gasteiger partial charge on any atom is -0.495 e. The van der Waals surface area contributed by atoms with E-state index in [1.54, 1.807) is 23.1 Å². The van der Waals surface area contributed by atoms with Crippen molar-refractivity contribution in [3.8, 4) is 5.75 Å². The number of rotatable bonds is 9. The average Bonchev–Trinajstić information content (AvgIpc) is 3.30. The van der Waals surface area contributed by atoms with Gasteiger partial charge in [-0.2, -0.15) is 19.3 Å². The number of piperazine rings is 1. The summed E-state index contributed by atoms with van der Waals surface area (Å²) in [5.41, 5.74) is 0.373. The number of hydrogen-bond acceptors (Lipinski definition) is 13. The molecule has 2 N–H and O–H groups in total. The van der Waals surface area contributed by atoms with Gasteiger partial charge >= 0.3 is 6.43 Å². The van der Waals surface area contributed by atoms with Crippen LogP contribution in [0.3, 0.4) is 0 Å². The van der Waals surface area contributed by atoms with Crippen LogP contribution in [0.25, 0.3) is 0 Å². The van der Waals surface area contributed by atoms with Crippen LogP contribution in [0, 0.1) is 0 Å². The van der Waals surface area contributed by atoms with Crippen LogP contribution < -0.4 is 24.8 Å². The zero-order valence-electron chi connectivity index (χ0n) is 23.2. The molecule has 0 spiro atoms. The number of halogens is 2. The van der Waals surface area contributed by atoms with Crippen molar-refractivity contribution in [1.29, 1.82) is 0 Å². The molecule has 14 nitrogen and oxygen atoms in total. The molecule has 3 aliphatic heterocycles. The van der Waals surface area contributed by atoms with Crippen molar-refractivity contribution in [3.63, 3.8) is 0 Å². The molecule has 4 heterocycles. The van der Waals surface area contributed by atoms with Crippen LogP contribution >= 0.6 is 0 Å². The van der Waals surface area contributed by atoms with Crippen LogP contribution in [0.2, 0.25) is 0 Å². The molecule has 1 aromatic carbocycles. The molecule has 1 aromatic heterocycles. The molecule has 1 atom stereocenters. The van der Waals surface area contributed by atoms with E-state index in [0.29, 0.717) is 32.8 Å². The van der Waals surface area contributed by atoms with E-state index in [9.17, 15) is 22.3 Å². The number of nitrogens with zero attached hydrogens (tertiary/aromatic N) is 8. The fourth-order valence-corrected chi connectivity index (χ4v) is 6.49. The Balaban J connectivity index is 1.51. The maximum Gasteiger partial charge on any atom is 0.305 e. The lowest BCUT2D eigenvalue weighted by Crippen LogP contribution is -2.55. The molecule has 41 heavy (non-hydrogen) atoms. The highest BCUT2D eigenvalue weighted by molar-refractivity contribution is 7.89. The fourth-order valence-electron chi connectivity index (χ4n) is 4.92.